The van der Waals surface area contributed by atoms with Gasteiger partial charge in [0.15, 0.2) is 0 Å². The van der Waals surface area contributed by atoms with Crippen LogP contribution in [0.15, 0.2) is 91.1 Å². The third-order valence-corrected chi connectivity index (χ3v) is 13.7. The van der Waals surface area contributed by atoms with E-state index in [2.05, 4.69) is 16.0 Å². The molecule has 0 radical (unpaired) electrons. The molecule has 3 heterocycles. The summed E-state index contributed by atoms with van der Waals surface area (Å²) in [5.41, 5.74) is 3.18. The highest BCUT2D eigenvalue weighted by molar-refractivity contribution is 7.48. The molecule has 0 saturated carbocycles. The fourth-order valence-electron chi connectivity index (χ4n) is 8.33. The molecule has 344 valence electrons. The van der Waals surface area contributed by atoms with Gasteiger partial charge < -0.3 is 25.4 Å². The average Bonchev–Trinajstić information content (AvgIpc) is 3.67. The number of benzene rings is 3. The van der Waals surface area contributed by atoms with Crippen molar-refractivity contribution in [1.82, 2.24) is 25.4 Å². The molecule has 0 aliphatic carbocycles. The number of para-hydroxylation sites is 1. The number of carbonyl (C=O) groups excluding carboxylic acids is 5. The van der Waals surface area contributed by atoms with Crippen LogP contribution in [0.25, 0.3) is 10.9 Å². The second-order valence-corrected chi connectivity index (χ2v) is 18.6. The molecule has 3 N–H and O–H groups in total. The molecule has 64 heavy (non-hydrogen) atoms. The van der Waals surface area contributed by atoms with Crippen LogP contribution in [0.1, 0.15) is 102 Å². The summed E-state index contributed by atoms with van der Waals surface area (Å²) >= 11 is 0. The molecule has 5 atom stereocenters. The lowest BCUT2D eigenvalue weighted by Crippen LogP contribution is -2.64. The second-order valence-electron chi connectivity index (χ2n) is 16.9. The maximum Gasteiger partial charge on any atom is 0.475 e. The van der Waals surface area contributed by atoms with Crippen molar-refractivity contribution < 1.29 is 42.1 Å². The fourth-order valence-corrected chi connectivity index (χ4v) is 9.48. The number of piperidine rings is 1. The van der Waals surface area contributed by atoms with Gasteiger partial charge in [0.2, 0.25) is 23.6 Å². The first-order chi connectivity index (χ1) is 31.0. The predicted molar refractivity (Wildman–Crippen MR) is 245 cm³/mol. The van der Waals surface area contributed by atoms with Gasteiger partial charge in [0, 0.05) is 49.5 Å². The van der Waals surface area contributed by atoms with Gasteiger partial charge in [-0.25, -0.2) is 4.57 Å². The Hall–Kier alpha value is -5.14. The number of ketones is 1. The number of fused-ring (bicyclic) bond motifs is 2. The molecule has 4 amide bonds. The van der Waals surface area contributed by atoms with Gasteiger partial charge in [-0.2, -0.15) is 0 Å². The molecule has 2 unspecified atom stereocenters. The van der Waals surface area contributed by atoms with Crippen molar-refractivity contribution >= 4 is 48.1 Å². The molecule has 14 nitrogen and oxygen atoms in total. The van der Waals surface area contributed by atoms with E-state index >= 15 is 0 Å². The van der Waals surface area contributed by atoms with E-state index < -0.39 is 43.8 Å². The number of hydrogen-bond acceptors (Lipinski definition) is 9. The van der Waals surface area contributed by atoms with Crippen LogP contribution in [-0.2, 0) is 68.3 Å². The van der Waals surface area contributed by atoms with Crippen LogP contribution in [0.2, 0.25) is 0 Å². The quantitative estimate of drug-likeness (QED) is 0.0563. The van der Waals surface area contributed by atoms with E-state index in [1.54, 1.807) is 4.90 Å². The molecule has 0 spiro atoms. The summed E-state index contributed by atoms with van der Waals surface area (Å²) in [4.78, 5) is 70.7. The van der Waals surface area contributed by atoms with Crippen LogP contribution in [0.5, 0.6) is 0 Å². The standard InChI is InChI=1S/C49H64N5O9P/c1-4-35(3)45-49(59)54-28-18-17-27-44(54)48(58)50-41(25-14-8-13-23-39(55)5-2)46(56)51-42(47(57)52-45)31-38-32-53(43-26-16-15-24-40(38)43)29-30-61-64(60,62-33-36-19-9-6-10-20-36)63-34-37-21-11-7-12-22-37/h6-7,9-12,15-16,19-22,24,26,32,35,41-42,44-45H,4-5,8,13-14,17-18,23,25,27-31,33-34H2,1-3H3,(H,50,58)(H,51,56)(H,52,57)/t35?,41-,42-,44?,45-/m0/s1. The Balaban J connectivity index is 1.24. The van der Waals surface area contributed by atoms with Crippen LogP contribution in [0.4, 0.5) is 0 Å². The van der Waals surface area contributed by atoms with Gasteiger partial charge in [-0.1, -0.05) is 119 Å². The smallest absolute Gasteiger partial charge is 0.345 e. The number of rotatable bonds is 21. The Labute approximate surface area is 376 Å². The van der Waals surface area contributed by atoms with Crippen molar-refractivity contribution in [2.75, 3.05) is 13.2 Å². The monoisotopic (exact) mass is 897 g/mol. The maximum atomic E-state index is 14.5. The molecule has 1 aromatic heterocycles. The first-order valence-corrected chi connectivity index (χ1v) is 24.4. The topological polar surface area (TPSA) is 174 Å². The van der Waals surface area contributed by atoms with Crippen LogP contribution in [0, 0.1) is 5.92 Å². The van der Waals surface area contributed by atoms with E-state index in [1.165, 1.54) is 0 Å². The zero-order valence-electron chi connectivity index (χ0n) is 37.4. The zero-order chi connectivity index (χ0) is 45.5. The van der Waals surface area contributed by atoms with E-state index in [0.29, 0.717) is 57.9 Å². The van der Waals surface area contributed by atoms with Crippen LogP contribution in [0.3, 0.4) is 0 Å². The van der Waals surface area contributed by atoms with E-state index in [1.807, 2.05) is 116 Å². The minimum absolute atomic E-state index is 0.0191. The van der Waals surface area contributed by atoms with E-state index in [9.17, 15) is 28.5 Å². The van der Waals surface area contributed by atoms with Crippen molar-refractivity contribution in [3.8, 4) is 0 Å². The predicted octanol–water partition coefficient (Wildman–Crippen LogP) is 7.57. The van der Waals surface area contributed by atoms with Crippen LogP contribution >= 0.6 is 7.82 Å². The largest absolute Gasteiger partial charge is 0.475 e. The summed E-state index contributed by atoms with van der Waals surface area (Å²) in [7, 11) is -4.06. The molecule has 15 heteroatoms. The first-order valence-electron chi connectivity index (χ1n) is 22.9. The van der Waals surface area contributed by atoms with Gasteiger partial charge >= 0.3 is 7.82 Å². The Morgan fingerprint density at radius 1 is 0.766 bits per heavy atom. The Bertz CT molecular complexity index is 2190. The molecule has 2 aliphatic rings. The SMILES string of the molecule is CCC(=O)CCCCC[C@@H]1NC(=O)C2CCCCN2C(=O)[C@H](C(C)CC)NC(=O)[C@H](Cc2cn(CCOP(=O)(OCc3ccccc3)OCc3ccccc3)c3ccccc23)NC1=O. The van der Waals surface area contributed by atoms with Crippen molar-refractivity contribution in [3.05, 3.63) is 108 Å². The minimum Gasteiger partial charge on any atom is -0.345 e. The number of Topliss-reactive ketones (excluding diaryl/α,β-unsaturated/α-hetero) is 1. The summed E-state index contributed by atoms with van der Waals surface area (Å²) in [6.45, 7) is 6.31. The highest BCUT2D eigenvalue weighted by Crippen LogP contribution is 2.51. The average molecular weight is 898 g/mol. The number of nitrogens with one attached hydrogen (secondary N) is 3. The van der Waals surface area contributed by atoms with E-state index in [-0.39, 0.29) is 56.3 Å². The molecule has 0 bridgehead atoms. The third-order valence-electron chi connectivity index (χ3n) is 12.3. The lowest BCUT2D eigenvalue weighted by atomic mass is 9.93. The van der Waals surface area contributed by atoms with Gasteiger partial charge in [-0.3, -0.25) is 37.5 Å². The third kappa shape index (κ3) is 13.2. The van der Waals surface area contributed by atoms with Crippen LogP contribution in [-0.4, -0.2) is 76.2 Å². The number of aromatic nitrogens is 1. The number of carbonyl (C=O) groups is 5. The molecule has 2 fully saturated rings. The molecular formula is C49H64N5O9P. The highest BCUT2D eigenvalue weighted by atomic mass is 31.2. The normalized spacial score (nSPS) is 20.4. The summed E-state index contributed by atoms with van der Waals surface area (Å²) in [6, 6.07) is 22.6. The summed E-state index contributed by atoms with van der Waals surface area (Å²) in [6.07, 6.45) is 7.68. The molecule has 6 rings (SSSR count). The molecule has 2 aliphatic heterocycles. The van der Waals surface area contributed by atoms with Gasteiger partial charge in [0.05, 0.1) is 19.8 Å². The van der Waals surface area contributed by atoms with E-state index in [4.69, 9.17) is 13.6 Å². The van der Waals surface area contributed by atoms with Crippen molar-refractivity contribution in [1.29, 1.82) is 0 Å². The van der Waals surface area contributed by atoms with Gasteiger partial charge in [-0.15, -0.1) is 0 Å². The first kappa shape index (κ1) is 48.3. The number of phosphoric ester groups is 1. The number of amides is 4. The number of phosphoric acid groups is 1. The molecule has 4 aromatic rings. The minimum atomic E-state index is -4.06. The summed E-state index contributed by atoms with van der Waals surface area (Å²) < 4.78 is 33.6. The van der Waals surface area contributed by atoms with Gasteiger partial charge in [0.1, 0.15) is 30.0 Å². The Morgan fingerprint density at radius 3 is 2.08 bits per heavy atom. The van der Waals surface area contributed by atoms with Crippen molar-refractivity contribution in [2.45, 2.75) is 135 Å². The van der Waals surface area contributed by atoms with Gasteiger partial charge in [0.25, 0.3) is 0 Å². The number of hydrogen-bond donors (Lipinski definition) is 3. The lowest BCUT2D eigenvalue weighted by molar-refractivity contribution is -0.147. The number of nitrogens with zero attached hydrogens (tertiary/aromatic N) is 2. The zero-order valence-corrected chi connectivity index (χ0v) is 38.3. The van der Waals surface area contributed by atoms with Crippen molar-refractivity contribution in [2.24, 2.45) is 5.92 Å². The Kier molecular flexibility index (Phi) is 17.9. The number of unbranched alkanes of at least 4 members (excludes halogenated alkanes) is 2. The molecule has 3 aromatic carbocycles. The van der Waals surface area contributed by atoms with Crippen LogP contribution < -0.4 is 16.0 Å². The van der Waals surface area contributed by atoms with Gasteiger partial charge in [-0.05, 0) is 60.8 Å². The second kappa shape index (κ2) is 23.7. The molecular weight excluding hydrogens is 834 g/mol. The summed E-state index contributed by atoms with van der Waals surface area (Å²) in [5.74, 6) is -1.76. The Morgan fingerprint density at radius 2 is 1.41 bits per heavy atom. The highest BCUT2D eigenvalue weighted by Gasteiger charge is 2.41. The van der Waals surface area contributed by atoms with Crippen molar-refractivity contribution in [3.63, 3.8) is 0 Å². The fraction of sp³-hybridized carbons (Fsp3) is 0.490. The van der Waals surface area contributed by atoms with E-state index in [0.717, 1.165) is 40.4 Å². The summed E-state index contributed by atoms with van der Waals surface area (Å²) in [5, 5.41) is 9.81. The molecule has 2 saturated heterocycles. The lowest BCUT2D eigenvalue weighted by Gasteiger charge is -2.39. The maximum absolute atomic E-state index is 14.5.